The summed E-state index contributed by atoms with van der Waals surface area (Å²) in [6, 6.07) is 0. The lowest BCUT2D eigenvalue weighted by Crippen LogP contribution is -1.87. The molecule has 0 unspecified atom stereocenters. The highest BCUT2D eigenvalue weighted by Crippen LogP contribution is 2.07. The molecule has 56 valence electrons. The number of hydrogen-bond donors (Lipinski definition) is 2. The normalized spacial score (nSPS) is 10.6. The maximum absolute atomic E-state index is 4.87. The van der Waals surface area contributed by atoms with Crippen LogP contribution in [0.4, 0.5) is 0 Å². The number of rotatable bonds is 0. The minimum Gasteiger partial charge on any atom is -0.342 e. The van der Waals surface area contributed by atoms with E-state index in [9.17, 15) is 0 Å². The van der Waals surface area contributed by atoms with Crippen molar-refractivity contribution in [3.8, 4) is 0 Å². The number of aromatic amines is 2. The highest BCUT2D eigenvalue weighted by molar-refractivity contribution is 7.71. The summed E-state index contributed by atoms with van der Waals surface area (Å²) in [6.45, 7) is 1.93. The summed E-state index contributed by atoms with van der Waals surface area (Å²) in [5.41, 5.74) is 2.56. The second kappa shape index (κ2) is 2.13. The lowest BCUT2D eigenvalue weighted by atomic mass is 10.4. The van der Waals surface area contributed by atoms with Gasteiger partial charge in [-0.1, -0.05) is 0 Å². The Labute approximate surface area is 67.7 Å². The molecule has 4 nitrogen and oxygen atoms in total. The number of fused-ring (bicyclic) bond motifs is 1. The fraction of sp³-hybridized carbons (Fsp3) is 0.167. The molecule has 2 N–H and O–H groups in total. The van der Waals surface area contributed by atoms with E-state index in [0.29, 0.717) is 10.4 Å². The van der Waals surface area contributed by atoms with Crippen molar-refractivity contribution in [2.45, 2.75) is 6.92 Å². The standard InChI is InChI=1S/C6H6N4S/c1-3-4-5(8-2-7-4)10-6(11)9-3/h2H,1H3,(H2,7,8,9,10,11). The number of hydrogen-bond acceptors (Lipinski definition) is 3. The van der Waals surface area contributed by atoms with Crippen LogP contribution in [0.3, 0.4) is 0 Å². The molecule has 0 radical (unpaired) electrons. The van der Waals surface area contributed by atoms with Gasteiger partial charge in [0.2, 0.25) is 0 Å². The predicted octanol–water partition coefficient (Wildman–Crippen LogP) is 1.32. The van der Waals surface area contributed by atoms with Crippen LogP contribution in [0.5, 0.6) is 0 Å². The molecule has 11 heavy (non-hydrogen) atoms. The molecule has 0 saturated carbocycles. The maximum atomic E-state index is 4.87. The molecule has 2 aromatic rings. The van der Waals surface area contributed by atoms with Crippen molar-refractivity contribution in [2.75, 3.05) is 0 Å². The van der Waals surface area contributed by atoms with E-state index in [0.717, 1.165) is 11.2 Å². The summed E-state index contributed by atoms with van der Waals surface area (Å²) < 4.78 is 0.474. The van der Waals surface area contributed by atoms with Crippen LogP contribution in [0.25, 0.3) is 11.2 Å². The zero-order valence-corrected chi connectivity index (χ0v) is 6.70. The minimum absolute atomic E-state index is 0.474. The SMILES string of the molecule is Cc1[nH]c(=S)nc2nc[nH]c12. The summed E-state index contributed by atoms with van der Waals surface area (Å²) in [5.74, 6) is 0. The zero-order chi connectivity index (χ0) is 7.84. The Bertz CT molecular complexity index is 441. The predicted molar refractivity (Wildman–Crippen MR) is 43.8 cm³/mol. The van der Waals surface area contributed by atoms with E-state index in [1.165, 1.54) is 0 Å². The van der Waals surface area contributed by atoms with E-state index >= 15 is 0 Å². The van der Waals surface area contributed by atoms with Crippen LogP contribution in [0.2, 0.25) is 0 Å². The Morgan fingerprint density at radius 3 is 3.18 bits per heavy atom. The molecular weight excluding hydrogens is 160 g/mol. The van der Waals surface area contributed by atoms with Crippen molar-refractivity contribution in [3.63, 3.8) is 0 Å². The van der Waals surface area contributed by atoms with E-state index in [1.54, 1.807) is 6.33 Å². The van der Waals surface area contributed by atoms with Crippen LogP contribution in [-0.2, 0) is 0 Å². The quantitative estimate of drug-likeness (QED) is 0.580. The third-order valence-corrected chi connectivity index (χ3v) is 1.69. The smallest absolute Gasteiger partial charge is 0.199 e. The van der Waals surface area contributed by atoms with Crippen LogP contribution in [0.15, 0.2) is 6.33 Å². The average Bonchev–Trinajstić information content (AvgIpc) is 2.34. The fourth-order valence-corrected chi connectivity index (χ4v) is 1.23. The molecule has 2 heterocycles. The van der Waals surface area contributed by atoms with Gasteiger partial charge < -0.3 is 9.97 Å². The van der Waals surface area contributed by atoms with E-state index in [4.69, 9.17) is 12.2 Å². The molecule has 2 aromatic heterocycles. The molecule has 0 amide bonds. The third-order valence-electron chi connectivity index (χ3n) is 1.50. The maximum Gasteiger partial charge on any atom is 0.199 e. The summed E-state index contributed by atoms with van der Waals surface area (Å²) in [6.07, 6.45) is 1.60. The Morgan fingerprint density at radius 2 is 2.36 bits per heavy atom. The fourth-order valence-electron chi connectivity index (χ4n) is 0.995. The van der Waals surface area contributed by atoms with Gasteiger partial charge in [-0.3, -0.25) is 0 Å². The Morgan fingerprint density at radius 1 is 1.55 bits per heavy atom. The number of H-pyrrole nitrogens is 2. The van der Waals surface area contributed by atoms with Gasteiger partial charge in [-0.2, -0.15) is 4.98 Å². The molecule has 0 aliphatic carbocycles. The highest BCUT2D eigenvalue weighted by Gasteiger charge is 1.99. The van der Waals surface area contributed by atoms with E-state index < -0.39 is 0 Å². The molecule has 0 atom stereocenters. The van der Waals surface area contributed by atoms with Gasteiger partial charge in [0.1, 0.15) is 5.52 Å². The van der Waals surface area contributed by atoms with Gasteiger partial charge in [0.25, 0.3) is 0 Å². The largest absolute Gasteiger partial charge is 0.342 e. The molecule has 0 spiro atoms. The Kier molecular flexibility index (Phi) is 1.25. The molecular formula is C6H6N4S. The number of aromatic nitrogens is 4. The second-order valence-corrected chi connectivity index (χ2v) is 2.65. The summed E-state index contributed by atoms with van der Waals surface area (Å²) in [5, 5.41) is 0. The van der Waals surface area contributed by atoms with Crippen molar-refractivity contribution in [3.05, 3.63) is 16.8 Å². The van der Waals surface area contributed by atoms with Crippen LogP contribution in [-0.4, -0.2) is 19.9 Å². The molecule has 2 rings (SSSR count). The second-order valence-electron chi connectivity index (χ2n) is 2.27. The summed E-state index contributed by atoms with van der Waals surface area (Å²) in [7, 11) is 0. The van der Waals surface area contributed by atoms with Crippen molar-refractivity contribution in [1.82, 2.24) is 19.9 Å². The number of aryl methyl sites for hydroxylation is 1. The molecule has 0 aliphatic rings. The topological polar surface area (TPSA) is 57.4 Å². The number of nitrogens with zero attached hydrogens (tertiary/aromatic N) is 2. The van der Waals surface area contributed by atoms with Gasteiger partial charge in [0, 0.05) is 5.69 Å². The lowest BCUT2D eigenvalue weighted by molar-refractivity contribution is 1.11. The Balaban J connectivity index is 3.02. The minimum atomic E-state index is 0.474. The number of nitrogens with one attached hydrogen (secondary N) is 2. The third kappa shape index (κ3) is 0.932. The van der Waals surface area contributed by atoms with Gasteiger partial charge in [0.05, 0.1) is 6.33 Å². The van der Waals surface area contributed by atoms with Crippen molar-refractivity contribution in [2.24, 2.45) is 0 Å². The molecule has 5 heteroatoms. The van der Waals surface area contributed by atoms with Crippen LogP contribution >= 0.6 is 12.2 Å². The number of imidazole rings is 1. The van der Waals surface area contributed by atoms with E-state index in [-0.39, 0.29) is 0 Å². The first-order chi connectivity index (χ1) is 5.27. The van der Waals surface area contributed by atoms with Crippen molar-refractivity contribution >= 4 is 23.4 Å². The molecule has 0 saturated heterocycles. The molecule has 0 bridgehead atoms. The zero-order valence-electron chi connectivity index (χ0n) is 5.88. The monoisotopic (exact) mass is 166 g/mol. The first kappa shape index (κ1) is 6.48. The first-order valence-electron chi connectivity index (χ1n) is 3.17. The van der Waals surface area contributed by atoms with Crippen molar-refractivity contribution < 1.29 is 0 Å². The van der Waals surface area contributed by atoms with Crippen LogP contribution in [0.1, 0.15) is 5.69 Å². The summed E-state index contributed by atoms with van der Waals surface area (Å²) in [4.78, 5) is 13.9. The average molecular weight is 166 g/mol. The molecule has 0 fully saturated rings. The molecule has 0 aromatic carbocycles. The van der Waals surface area contributed by atoms with E-state index in [2.05, 4.69) is 19.9 Å². The van der Waals surface area contributed by atoms with Gasteiger partial charge >= 0.3 is 0 Å². The molecule has 0 aliphatic heterocycles. The van der Waals surface area contributed by atoms with Crippen molar-refractivity contribution in [1.29, 1.82) is 0 Å². The lowest BCUT2D eigenvalue weighted by Gasteiger charge is -1.92. The van der Waals surface area contributed by atoms with Crippen LogP contribution < -0.4 is 0 Å². The first-order valence-corrected chi connectivity index (χ1v) is 3.58. The summed E-state index contributed by atoms with van der Waals surface area (Å²) >= 11 is 4.87. The van der Waals surface area contributed by atoms with Gasteiger partial charge in [-0.05, 0) is 19.1 Å². The van der Waals surface area contributed by atoms with E-state index in [1.807, 2.05) is 6.92 Å². The highest BCUT2D eigenvalue weighted by atomic mass is 32.1. The van der Waals surface area contributed by atoms with Crippen LogP contribution in [0, 0.1) is 11.7 Å². The van der Waals surface area contributed by atoms with Gasteiger partial charge in [-0.15, -0.1) is 0 Å². The Hall–Kier alpha value is -1.23. The van der Waals surface area contributed by atoms with Gasteiger partial charge in [0.15, 0.2) is 10.4 Å². The van der Waals surface area contributed by atoms with Gasteiger partial charge in [-0.25, -0.2) is 4.98 Å².